The zero-order valence-corrected chi connectivity index (χ0v) is 11.3. The number of hydrogen-bond donors (Lipinski definition) is 0. The molecule has 1 heteroatoms. The molecule has 0 N–H and O–H groups in total. The molecule has 0 fully saturated rings. The van der Waals surface area contributed by atoms with E-state index >= 15 is 0 Å². The minimum Gasteiger partial charge on any atom is -0.296 e. The number of nitrogens with zero attached hydrogens (tertiary/aromatic N) is 1. The van der Waals surface area contributed by atoms with Crippen LogP contribution in [0.4, 0.5) is 0 Å². The van der Waals surface area contributed by atoms with E-state index in [9.17, 15) is 0 Å². The van der Waals surface area contributed by atoms with Gasteiger partial charge in [0, 0.05) is 13.1 Å². The molecule has 0 rings (SSSR count). The Morgan fingerprint density at radius 2 is 1.69 bits per heavy atom. The molecule has 0 heterocycles. The molecule has 16 heavy (non-hydrogen) atoms. The molecule has 0 amide bonds. The van der Waals surface area contributed by atoms with Gasteiger partial charge in [-0.3, -0.25) is 4.90 Å². The van der Waals surface area contributed by atoms with Crippen LogP contribution in [0, 0.1) is 5.92 Å². The standard InChI is InChI=1S/C15H29N/c1-5-9-10-15(8-4)11-14-16(12-6-2)13-7-3/h6-7,15H,2-3,5,8-14H2,1,4H3. The SMILES string of the molecule is C=CCN(CC=C)CCC(CC)CCCC. The molecular weight excluding hydrogens is 194 g/mol. The highest BCUT2D eigenvalue weighted by Gasteiger charge is 2.08. The van der Waals surface area contributed by atoms with Gasteiger partial charge >= 0.3 is 0 Å². The van der Waals surface area contributed by atoms with Gasteiger partial charge in [0.15, 0.2) is 0 Å². The maximum atomic E-state index is 3.80. The van der Waals surface area contributed by atoms with Crippen LogP contribution in [0.2, 0.25) is 0 Å². The number of hydrogen-bond acceptors (Lipinski definition) is 1. The summed E-state index contributed by atoms with van der Waals surface area (Å²) in [6.07, 6.45) is 10.7. The predicted molar refractivity (Wildman–Crippen MR) is 74.8 cm³/mol. The minimum atomic E-state index is 0.900. The zero-order chi connectivity index (χ0) is 12.2. The Balaban J connectivity index is 3.84. The van der Waals surface area contributed by atoms with Gasteiger partial charge in [-0.05, 0) is 18.9 Å². The summed E-state index contributed by atoms with van der Waals surface area (Å²) in [5, 5.41) is 0. The lowest BCUT2D eigenvalue weighted by molar-refractivity contribution is 0.287. The Morgan fingerprint density at radius 1 is 1.06 bits per heavy atom. The summed E-state index contributed by atoms with van der Waals surface area (Å²) >= 11 is 0. The Hall–Kier alpha value is -0.560. The van der Waals surface area contributed by atoms with E-state index in [2.05, 4.69) is 31.9 Å². The molecule has 0 aliphatic carbocycles. The van der Waals surface area contributed by atoms with Crippen molar-refractivity contribution in [2.24, 2.45) is 5.92 Å². The fourth-order valence-corrected chi connectivity index (χ4v) is 2.03. The van der Waals surface area contributed by atoms with Gasteiger partial charge in [0.25, 0.3) is 0 Å². The van der Waals surface area contributed by atoms with Gasteiger partial charge in [0.2, 0.25) is 0 Å². The molecule has 0 aromatic carbocycles. The second kappa shape index (κ2) is 10.9. The summed E-state index contributed by atoms with van der Waals surface area (Å²) in [5.41, 5.74) is 0. The summed E-state index contributed by atoms with van der Waals surface area (Å²) in [6.45, 7) is 15.3. The Bertz CT molecular complexity index is 164. The third kappa shape index (κ3) is 7.70. The van der Waals surface area contributed by atoms with Crippen molar-refractivity contribution in [2.45, 2.75) is 46.0 Å². The topological polar surface area (TPSA) is 3.24 Å². The molecule has 0 saturated heterocycles. The molecule has 0 saturated carbocycles. The lowest BCUT2D eigenvalue weighted by atomic mass is 9.95. The van der Waals surface area contributed by atoms with Crippen molar-refractivity contribution < 1.29 is 0 Å². The van der Waals surface area contributed by atoms with E-state index in [-0.39, 0.29) is 0 Å². The van der Waals surface area contributed by atoms with Gasteiger partial charge in [-0.1, -0.05) is 51.7 Å². The Kier molecular flexibility index (Phi) is 10.6. The average molecular weight is 223 g/mol. The first-order valence-electron chi connectivity index (χ1n) is 6.72. The second-order valence-corrected chi connectivity index (χ2v) is 4.54. The first-order valence-corrected chi connectivity index (χ1v) is 6.72. The molecule has 0 bridgehead atoms. The van der Waals surface area contributed by atoms with Crippen molar-refractivity contribution in [3.05, 3.63) is 25.3 Å². The van der Waals surface area contributed by atoms with Crippen LogP contribution in [0.5, 0.6) is 0 Å². The predicted octanol–water partition coefficient (Wildman–Crippen LogP) is 4.27. The van der Waals surface area contributed by atoms with E-state index in [0.29, 0.717) is 0 Å². The molecule has 0 aliphatic heterocycles. The largest absolute Gasteiger partial charge is 0.296 e. The third-order valence-electron chi connectivity index (χ3n) is 3.17. The van der Waals surface area contributed by atoms with Crippen molar-refractivity contribution in [3.8, 4) is 0 Å². The van der Waals surface area contributed by atoms with Crippen LogP contribution in [0.25, 0.3) is 0 Å². The molecular formula is C15H29N. The molecule has 1 atom stereocenters. The van der Waals surface area contributed by atoms with Crippen LogP contribution in [-0.2, 0) is 0 Å². The summed E-state index contributed by atoms with van der Waals surface area (Å²) in [5.74, 6) is 0.900. The van der Waals surface area contributed by atoms with Crippen molar-refractivity contribution in [3.63, 3.8) is 0 Å². The lowest BCUT2D eigenvalue weighted by Crippen LogP contribution is -2.26. The average Bonchev–Trinajstić information content (AvgIpc) is 2.30. The van der Waals surface area contributed by atoms with Gasteiger partial charge in [-0.15, -0.1) is 13.2 Å². The first-order chi connectivity index (χ1) is 7.78. The molecule has 0 spiro atoms. The van der Waals surface area contributed by atoms with E-state index in [1.54, 1.807) is 0 Å². The summed E-state index contributed by atoms with van der Waals surface area (Å²) in [7, 11) is 0. The van der Waals surface area contributed by atoms with Gasteiger partial charge in [0.05, 0.1) is 0 Å². The van der Waals surface area contributed by atoms with Gasteiger partial charge in [-0.2, -0.15) is 0 Å². The normalized spacial score (nSPS) is 12.7. The second-order valence-electron chi connectivity index (χ2n) is 4.54. The van der Waals surface area contributed by atoms with Gasteiger partial charge in [0.1, 0.15) is 0 Å². The zero-order valence-electron chi connectivity index (χ0n) is 11.3. The van der Waals surface area contributed by atoms with Gasteiger partial charge < -0.3 is 0 Å². The van der Waals surface area contributed by atoms with E-state index in [4.69, 9.17) is 0 Å². The van der Waals surface area contributed by atoms with Crippen LogP contribution in [-0.4, -0.2) is 24.5 Å². The van der Waals surface area contributed by atoms with Crippen molar-refractivity contribution in [2.75, 3.05) is 19.6 Å². The minimum absolute atomic E-state index is 0.900. The van der Waals surface area contributed by atoms with Crippen molar-refractivity contribution >= 4 is 0 Å². The molecule has 0 radical (unpaired) electrons. The van der Waals surface area contributed by atoms with E-state index in [1.807, 2.05) is 12.2 Å². The lowest BCUT2D eigenvalue weighted by Gasteiger charge is -2.22. The van der Waals surface area contributed by atoms with Crippen molar-refractivity contribution in [1.82, 2.24) is 4.90 Å². The van der Waals surface area contributed by atoms with Crippen LogP contribution >= 0.6 is 0 Å². The van der Waals surface area contributed by atoms with Crippen LogP contribution < -0.4 is 0 Å². The summed E-state index contributed by atoms with van der Waals surface area (Å²) < 4.78 is 0. The Morgan fingerprint density at radius 3 is 2.12 bits per heavy atom. The highest BCUT2D eigenvalue weighted by Crippen LogP contribution is 2.17. The number of rotatable bonds is 11. The molecule has 1 unspecified atom stereocenters. The Labute approximate surface area is 102 Å². The summed E-state index contributed by atoms with van der Waals surface area (Å²) in [4.78, 5) is 2.41. The highest BCUT2D eigenvalue weighted by atomic mass is 15.1. The molecule has 94 valence electrons. The molecule has 1 nitrogen and oxygen atoms in total. The van der Waals surface area contributed by atoms with E-state index in [0.717, 1.165) is 19.0 Å². The fourth-order valence-electron chi connectivity index (χ4n) is 2.03. The van der Waals surface area contributed by atoms with Gasteiger partial charge in [-0.25, -0.2) is 0 Å². The third-order valence-corrected chi connectivity index (χ3v) is 3.17. The van der Waals surface area contributed by atoms with E-state index in [1.165, 1.54) is 38.6 Å². The first kappa shape index (κ1) is 15.4. The van der Waals surface area contributed by atoms with Crippen molar-refractivity contribution in [1.29, 1.82) is 0 Å². The smallest absolute Gasteiger partial charge is 0.0163 e. The molecule has 0 aromatic heterocycles. The molecule has 0 aliphatic rings. The fraction of sp³-hybridized carbons (Fsp3) is 0.733. The molecule has 0 aromatic rings. The highest BCUT2D eigenvalue weighted by molar-refractivity contribution is 4.80. The maximum absolute atomic E-state index is 3.80. The quantitative estimate of drug-likeness (QED) is 0.473. The summed E-state index contributed by atoms with van der Waals surface area (Å²) in [6, 6.07) is 0. The van der Waals surface area contributed by atoms with Crippen LogP contribution in [0.1, 0.15) is 46.0 Å². The monoisotopic (exact) mass is 223 g/mol. The maximum Gasteiger partial charge on any atom is 0.0163 e. The van der Waals surface area contributed by atoms with Crippen LogP contribution in [0.15, 0.2) is 25.3 Å². The number of unbranched alkanes of at least 4 members (excludes halogenated alkanes) is 1. The van der Waals surface area contributed by atoms with E-state index < -0.39 is 0 Å². The van der Waals surface area contributed by atoms with Crippen LogP contribution in [0.3, 0.4) is 0 Å².